The van der Waals surface area contributed by atoms with Crippen molar-refractivity contribution in [2.75, 3.05) is 33.7 Å². The van der Waals surface area contributed by atoms with Gasteiger partial charge in [0, 0.05) is 33.7 Å². The van der Waals surface area contributed by atoms with Crippen LogP contribution in [0.3, 0.4) is 0 Å². The topological polar surface area (TPSA) is 90.1 Å². The van der Waals surface area contributed by atoms with Crippen molar-refractivity contribution in [3.05, 3.63) is 0 Å². The molecule has 0 aromatic carbocycles. The monoisotopic (exact) mass is 258 g/mol. The van der Waals surface area contributed by atoms with Crippen molar-refractivity contribution in [3.63, 3.8) is 0 Å². The number of hydrazine groups is 1. The number of nitrogens with zero attached hydrogens (tertiary/aromatic N) is 3. The molecule has 7 heteroatoms. The lowest BCUT2D eigenvalue weighted by Gasteiger charge is -2.43. The molecule has 0 spiro atoms. The quantitative estimate of drug-likeness (QED) is 0.661. The van der Waals surface area contributed by atoms with E-state index in [-0.39, 0.29) is 12.5 Å². The molecule has 104 valence electrons. The molecule has 0 radical (unpaired) electrons. The van der Waals surface area contributed by atoms with Crippen LogP contribution in [-0.2, 0) is 9.59 Å². The summed E-state index contributed by atoms with van der Waals surface area (Å²) >= 11 is 0. The molecular weight excluding hydrogens is 236 g/mol. The van der Waals surface area contributed by atoms with E-state index in [1.54, 1.807) is 38.0 Å². The number of aliphatic carboxylic acids is 1. The van der Waals surface area contributed by atoms with E-state index in [9.17, 15) is 14.7 Å². The Morgan fingerprint density at radius 2 is 1.89 bits per heavy atom. The van der Waals surface area contributed by atoms with Crippen LogP contribution in [0.25, 0.3) is 0 Å². The third kappa shape index (κ3) is 3.18. The minimum absolute atomic E-state index is 0.160. The molecule has 1 atom stereocenters. The van der Waals surface area contributed by atoms with Crippen LogP contribution in [0.1, 0.15) is 13.8 Å². The van der Waals surface area contributed by atoms with Crippen molar-refractivity contribution in [3.8, 4) is 0 Å². The Morgan fingerprint density at radius 1 is 1.33 bits per heavy atom. The highest BCUT2D eigenvalue weighted by molar-refractivity contribution is 5.86. The van der Waals surface area contributed by atoms with Crippen molar-refractivity contribution < 1.29 is 14.7 Å². The standard InChI is InChI=1S/C11H22N4O3/c1-11(2,12)10(18)14-5-6-15(13(3)4)8(7-14)9(16)17/h8H,5-7,12H2,1-4H3,(H,16,17). The molecule has 0 aromatic heterocycles. The Bertz CT molecular complexity index is 338. The third-order valence-electron chi connectivity index (χ3n) is 2.99. The molecule has 18 heavy (non-hydrogen) atoms. The van der Waals surface area contributed by atoms with Crippen molar-refractivity contribution >= 4 is 11.9 Å². The van der Waals surface area contributed by atoms with Crippen molar-refractivity contribution in [2.45, 2.75) is 25.4 Å². The summed E-state index contributed by atoms with van der Waals surface area (Å²) in [5.41, 5.74) is 4.79. The fourth-order valence-electron chi connectivity index (χ4n) is 2.05. The molecular formula is C11H22N4O3. The zero-order valence-corrected chi connectivity index (χ0v) is 11.4. The zero-order chi connectivity index (χ0) is 14.1. The molecule has 1 heterocycles. The molecule has 0 bridgehead atoms. The summed E-state index contributed by atoms with van der Waals surface area (Å²) in [5.74, 6) is -1.15. The van der Waals surface area contributed by atoms with Gasteiger partial charge in [0.2, 0.25) is 5.91 Å². The van der Waals surface area contributed by atoms with Gasteiger partial charge in [-0.1, -0.05) is 0 Å². The van der Waals surface area contributed by atoms with Crippen LogP contribution in [-0.4, -0.2) is 77.2 Å². The second-order valence-corrected chi connectivity index (χ2v) is 5.34. The lowest BCUT2D eigenvalue weighted by Crippen LogP contribution is -2.64. The minimum atomic E-state index is -0.969. The van der Waals surface area contributed by atoms with Crippen LogP contribution in [0.2, 0.25) is 0 Å². The molecule has 0 saturated carbocycles. The smallest absolute Gasteiger partial charge is 0.324 e. The Balaban J connectivity index is 2.81. The molecule has 0 aliphatic carbocycles. The van der Waals surface area contributed by atoms with E-state index in [2.05, 4.69) is 0 Å². The molecule has 1 unspecified atom stereocenters. The Morgan fingerprint density at radius 3 is 2.28 bits per heavy atom. The first kappa shape index (κ1) is 14.9. The molecule has 1 rings (SSSR count). The fourth-order valence-corrected chi connectivity index (χ4v) is 2.05. The third-order valence-corrected chi connectivity index (χ3v) is 2.99. The van der Waals surface area contributed by atoms with E-state index in [0.29, 0.717) is 13.1 Å². The predicted molar refractivity (Wildman–Crippen MR) is 66.7 cm³/mol. The highest BCUT2D eigenvalue weighted by atomic mass is 16.4. The van der Waals surface area contributed by atoms with Gasteiger partial charge in [-0.25, -0.2) is 10.0 Å². The van der Waals surface area contributed by atoms with Gasteiger partial charge in [-0.15, -0.1) is 0 Å². The van der Waals surface area contributed by atoms with E-state index >= 15 is 0 Å². The van der Waals surface area contributed by atoms with Crippen molar-refractivity contribution in [1.29, 1.82) is 0 Å². The first-order valence-corrected chi connectivity index (χ1v) is 5.89. The van der Waals surface area contributed by atoms with Crippen LogP contribution in [0, 0.1) is 0 Å². The number of carbonyl (C=O) groups excluding carboxylic acids is 1. The van der Waals surface area contributed by atoms with Crippen LogP contribution in [0.4, 0.5) is 0 Å². The van der Waals surface area contributed by atoms with Crippen LogP contribution >= 0.6 is 0 Å². The van der Waals surface area contributed by atoms with Crippen LogP contribution < -0.4 is 5.73 Å². The average Bonchev–Trinajstić information content (AvgIpc) is 2.25. The largest absolute Gasteiger partial charge is 0.480 e. The Kier molecular flexibility index (Phi) is 4.31. The van der Waals surface area contributed by atoms with E-state index in [4.69, 9.17) is 5.73 Å². The normalized spacial score (nSPS) is 22.3. The van der Waals surface area contributed by atoms with Gasteiger partial charge in [0.25, 0.3) is 0 Å². The molecule has 3 N–H and O–H groups in total. The molecule has 1 fully saturated rings. The summed E-state index contributed by atoms with van der Waals surface area (Å²) in [6.45, 7) is 4.40. The minimum Gasteiger partial charge on any atom is -0.480 e. The number of piperazine rings is 1. The maximum Gasteiger partial charge on any atom is 0.324 e. The van der Waals surface area contributed by atoms with E-state index < -0.39 is 17.6 Å². The van der Waals surface area contributed by atoms with E-state index in [1.165, 1.54) is 4.90 Å². The van der Waals surface area contributed by atoms with Gasteiger partial charge < -0.3 is 15.7 Å². The first-order valence-electron chi connectivity index (χ1n) is 5.89. The number of hydrogen-bond acceptors (Lipinski definition) is 5. The highest BCUT2D eigenvalue weighted by Gasteiger charge is 2.38. The lowest BCUT2D eigenvalue weighted by atomic mass is 10.0. The summed E-state index contributed by atoms with van der Waals surface area (Å²) < 4.78 is 0. The molecule has 0 aromatic rings. The number of rotatable bonds is 3. The van der Waals surface area contributed by atoms with E-state index in [1.807, 2.05) is 0 Å². The predicted octanol–water partition coefficient (Wildman–Crippen LogP) is -1.20. The lowest BCUT2D eigenvalue weighted by molar-refractivity contribution is -0.160. The summed E-state index contributed by atoms with van der Waals surface area (Å²) in [5, 5.41) is 12.7. The SMILES string of the molecule is CN(C)N1CCN(C(=O)C(C)(C)N)CC1C(=O)O. The summed E-state index contributed by atoms with van der Waals surface area (Å²) in [6.07, 6.45) is 0. The number of carbonyl (C=O) groups is 2. The van der Waals surface area contributed by atoms with Gasteiger partial charge in [-0.3, -0.25) is 9.59 Å². The first-order chi connectivity index (χ1) is 8.14. The fraction of sp³-hybridized carbons (Fsp3) is 0.818. The summed E-state index contributed by atoms with van der Waals surface area (Å²) in [4.78, 5) is 24.8. The van der Waals surface area contributed by atoms with Gasteiger partial charge in [-0.2, -0.15) is 0 Å². The Hall–Kier alpha value is -1.18. The Labute approximate surface area is 107 Å². The van der Waals surface area contributed by atoms with Crippen LogP contribution in [0.5, 0.6) is 0 Å². The van der Waals surface area contributed by atoms with Crippen LogP contribution in [0.15, 0.2) is 0 Å². The van der Waals surface area contributed by atoms with Crippen molar-refractivity contribution in [1.82, 2.24) is 14.9 Å². The van der Waals surface area contributed by atoms with Gasteiger partial charge in [0.15, 0.2) is 0 Å². The number of carboxylic acid groups (broad SMARTS) is 1. The molecule has 1 amide bonds. The summed E-state index contributed by atoms with van der Waals surface area (Å²) in [6, 6.07) is -0.722. The number of carboxylic acids is 1. The van der Waals surface area contributed by atoms with Gasteiger partial charge in [0.1, 0.15) is 6.04 Å². The molecule has 7 nitrogen and oxygen atoms in total. The van der Waals surface area contributed by atoms with Gasteiger partial charge in [0.05, 0.1) is 5.54 Å². The number of hydrogen-bond donors (Lipinski definition) is 2. The van der Waals surface area contributed by atoms with Gasteiger partial charge >= 0.3 is 5.97 Å². The molecule has 1 aliphatic rings. The number of nitrogens with two attached hydrogens (primary N) is 1. The maximum atomic E-state index is 12.0. The van der Waals surface area contributed by atoms with Gasteiger partial charge in [-0.05, 0) is 13.8 Å². The molecule has 1 aliphatic heterocycles. The van der Waals surface area contributed by atoms with E-state index in [0.717, 1.165) is 0 Å². The number of amides is 1. The van der Waals surface area contributed by atoms with Crippen molar-refractivity contribution in [2.24, 2.45) is 5.73 Å². The summed E-state index contributed by atoms with van der Waals surface area (Å²) in [7, 11) is 3.58. The second kappa shape index (κ2) is 5.21. The highest BCUT2D eigenvalue weighted by Crippen LogP contribution is 2.14. The second-order valence-electron chi connectivity index (χ2n) is 5.34. The average molecular weight is 258 g/mol. The maximum absolute atomic E-state index is 12.0. The zero-order valence-electron chi connectivity index (χ0n) is 11.4. The molecule has 1 saturated heterocycles.